The molecule has 2 atom stereocenters. The van der Waals surface area contributed by atoms with Crippen molar-refractivity contribution in [3.05, 3.63) is 34.9 Å². The third-order valence-electron chi connectivity index (χ3n) is 4.52. The lowest BCUT2D eigenvalue weighted by molar-refractivity contribution is -0.123. The van der Waals surface area contributed by atoms with E-state index in [0.717, 1.165) is 13.0 Å². The summed E-state index contributed by atoms with van der Waals surface area (Å²) in [7, 11) is 0. The standard InChI is InChI=1S/C18H27ClN2O2/c1-14-5-2-3-11-21(14)12-4-10-20-18(23)13-17(22)15-6-8-16(19)9-7-15/h6-9,14,17,22H,2-5,10-13H2,1H3,(H,20,23). The van der Waals surface area contributed by atoms with Gasteiger partial charge < -0.3 is 15.3 Å². The van der Waals surface area contributed by atoms with Crippen molar-refractivity contribution in [3.63, 3.8) is 0 Å². The fraction of sp³-hybridized carbons (Fsp3) is 0.611. The molecule has 0 bridgehead atoms. The van der Waals surface area contributed by atoms with Gasteiger partial charge in [-0.1, -0.05) is 30.2 Å². The van der Waals surface area contributed by atoms with Crippen molar-refractivity contribution in [3.8, 4) is 0 Å². The number of hydrogen-bond acceptors (Lipinski definition) is 3. The van der Waals surface area contributed by atoms with Crippen LogP contribution in [0.3, 0.4) is 0 Å². The quantitative estimate of drug-likeness (QED) is 0.751. The molecule has 2 rings (SSSR count). The molecule has 23 heavy (non-hydrogen) atoms. The van der Waals surface area contributed by atoms with Crippen molar-refractivity contribution in [1.82, 2.24) is 10.2 Å². The third kappa shape index (κ3) is 6.13. The number of benzene rings is 1. The van der Waals surface area contributed by atoms with Crippen molar-refractivity contribution in [1.29, 1.82) is 0 Å². The van der Waals surface area contributed by atoms with Gasteiger partial charge in [0.15, 0.2) is 0 Å². The molecule has 0 aliphatic carbocycles. The van der Waals surface area contributed by atoms with Crippen LogP contribution in [0.1, 0.15) is 50.7 Å². The van der Waals surface area contributed by atoms with Gasteiger partial charge in [-0.2, -0.15) is 0 Å². The zero-order chi connectivity index (χ0) is 16.7. The molecule has 2 N–H and O–H groups in total. The SMILES string of the molecule is CC1CCCCN1CCCNC(=O)CC(O)c1ccc(Cl)cc1. The topological polar surface area (TPSA) is 52.6 Å². The molecule has 1 aromatic rings. The molecule has 128 valence electrons. The summed E-state index contributed by atoms with van der Waals surface area (Å²) in [5, 5.41) is 13.6. The van der Waals surface area contributed by atoms with Gasteiger partial charge in [0, 0.05) is 24.2 Å². The summed E-state index contributed by atoms with van der Waals surface area (Å²) < 4.78 is 0. The number of nitrogens with zero attached hydrogens (tertiary/aromatic N) is 1. The van der Waals surface area contributed by atoms with Gasteiger partial charge in [0.2, 0.25) is 5.91 Å². The number of aliphatic hydroxyl groups excluding tert-OH is 1. The number of carbonyl (C=O) groups is 1. The molecule has 1 aliphatic rings. The van der Waals surface area contributed by atoms with Crippen LogP contribution in [-0.2, 0) is 4.79 Å². The number of amides is 1. The van der Waals surface area contributed by atoms with Crippen LogP contribution in [0, 0.1) is 0 Å². The number of carbonyl (C=O) groups excluding carboxylic acids is 1. The number of rotatable bonds is 7. The van der Waals surface area contributed by atoms with Gasteiger partial charge in [0.1, 0.15) is 0 Å². The van der Waals surface area contributed by atoms with E-state index in [4.69, 9.17) is 11.6 Å². The van der Waals surface area contributed by atoms with Gasteiger partial charge in [0.05, 0.1) is 12.5 Å². The predicted molar refractivity (Wildman–Crippen MR) is 93.5 cm³/mol. The highest BCUT2D eigenvalue weighted by Gasteiger charge is 2.17. The molecule has 1 heterocycles. The lowest BCUT2D eigenvalue weighted by atomic mass is 10.0. The van der Waals surface area contributed by atoms with Crippen molar-refractivity contribution < 1.29 is 9.90 Å². The Hall–Kier alpha value is -1.10. The number of likely N-dealkylation sites (tertiary alicyclic amines) is 1. The van der Waals surface area contributed by atoms with E-state index >= 15 is 0 Å². The Kier molecular flexibility index (Phi) is 7.34. The minimum atomic E-state index is -0.783. The molecular formula is C18H27ClN2O2. The van der Waals surface area contributed by atoms with Crippen molar-refractivity contribution >= 4 is 17.5 Å². The Balaban J connectivity index is 1.63. The van der Waals surface area contributed by atoms with Gasteiger partial charge >= 0.3 is 0 Å². The molecule has 5 heteroatoms. The average molecular weight is 339 g/mol. The Bertz CT molecular complexity index is 492. The minimum absolute atomic E-state index is 0.0851. The van der Waals surface area contributed by atoms with Crippen LogP contribution >= 0.6 is 11.6 Å². The zero-order valence-electron chi connectivity index (χ0n) is 13.8. The molecule has 1 aromatic carbocycles. The fourth-order valence-electron chi connectivity index (χ4n) is 3.05. The number of halogens is 1. The second kappa shape index (κ2) is 9.26. The Morgan fingerprint density at radius 1 is 1.39 bits per heavy atom. The van der Waals surface area contributed by atoms with Gasteiger partial charge in [-0.15, -0.1) is 0 Å². The largest absolute Gasteiger partial charge is 0.388 e. The van der Waals surface area contributed by atoms with Crippen LogP contribution in [0.15, 0.2) is 24.3 Å². The first-order chi connectivity index (χ1) is 11.1. The molecule has 0 aromatic heterocycles. The van der Waals surface area contributed by atoms with Crippen LogP contribution in [0.2, 0.25) is 5.02 Å². The van der Waals surface area contributed by atoms with Crippen LogP contribution in [0.5, 0.6) is 0 Å². The maximum absolute atomic E-state index is 11.9. The van der Waals surface area contributed by atoms with E-state index in [1.807, 2.05) is 0 Å². The molecule has 1 saturated heterocycles. The predicted octanol–water partition coefficient (Wildman–Crippen LogP) is 3.14. The highest BCUT2D eigenvalue weighted by atomic mass is 35.5. The molecule has 1 aliphatic heterocycles. The lowest BCUT2D eigenvalue weighted by Crippen LogP contribution is -2.39. The highest BCUT2D eigenvalue weighted by Crippen LogP contribution is 2.19. The Labute approximate surface area is 143 Å². The third-order valence-corrected chi connectivity index (χ3v) is 4.77. The van der Waals surface area contributed by atoms with Gasteiger partial charge in [0.25, 0.3) is 0 Å². The van der Waals surface area contributed by atoms with Crippen LogP contribution in [0.25, 0.3) is 0 Å². The van der Waals surface area contributed by atoms with E-state index in [2.05, 4.69) is 17.1 Å². The summed E-state index contributed by atoms with van der Waals surface area (Å²) in [6.45, 7) is 5.14. The monoisotopic (exact) mass is 338 g/mol. The lowest BCUT2D eigenvalue weighted by Gasteiger charge is -2.33. The average Bonchev–Trinajstić information content (AvgIpc) is 2.53. The molecule has 0 saturated carbocycles. The summed E-state index contributed by atoms with van der Waals surface area (Å²) in [6, 6.07) is 7.59. The first kappa shape index (κ1) is 18.2. The van der Waals surface area contributed by atoms with E-state index < -0.39 is 6.10 Å². The minimum Gasteiger partial charge on any atom is -0.388 e. The number of aliphatic hydroxyl groups is 1. The van der Waals surface area contributed by atoms with Crippen molar-refractivity contribution in [2.24, 2.45) is 0 Å². The van der Waals surface area contributed by atoms with Crippen molar-refractivity contribution in [2.75, 3.05) is 19.6 Å². The fourth-order valence-corrected chi connectivity index (χ4v) is 3.18. The van der Waals surface area contributed by atoms with E-state index in [-0.39, 0.29) is 12.3 Å². The first-order valence-electron chi connectivity index (χ1n) is 8.50. The summed E-state index contributed by atoms with van der Waals surface area (Å²) in [5.74, 6) is -0.112. The maximum atomic E-state index is 11.9. The van der Waals surface area contributed by atoms with Crippen molar-refractivity contribution in [2.45, 2.75) is 51.2 Å². The number of hydrogen-bond donors (Lipinski definition) is 2. The van der Waals surface area contributed by atoms with Gasteiger partial charge in [-0.25, -0.2) is 0 Å². The van der Waals surface area contributed by atoms with E-state index in [0.29, 0.717) is 23.2 Å². The van der Waals surface area contributed by atoms with E-state index in [1.165, 1.54) is 25.8 Å². The second-order valence-corrected chi connectivity index (χ2v) is 6.79. The molecular weight excluding hydrogens is 312 g/mol. The number of piperidine rings is 1. The smallest absolute Gasteiger partial charge is 0.222 e. The molecule has 0 spiro atoms. The molecule has 1 amide bonds. The van der Waals surface area contributed by atoms with Crippen LogP contribution in [-0.4, -0.2) is 41.6 Å². The molecule has 2 unspecified atom stereocenters. The number of nitrogens with one attached hydrogen (secondary N) is 1. The van der Waals surface area contributed by atoms with Crippen LogP contribution in [0.4, 0.5) is 0 Å². The second-order valence-electron chi connectivity index (χ2n) is 6.36. The normalized spacial score (nSPS) is 20.2. The molecule has 0 radical (unpaired) electrons. The molecule has 1 fully saturated rings. The Morgan fingerprint density at radius 2 is 2.13 bits per heavy atom. The highest BCUT2D eigenvalue weighted by molar-refractivity contribution is 6.30. The Morgan fingerprint density at radius 3 is 2.83 bits per heavy atom. The van der Waals surface area contributed by atoms with Gasteiger partial charge in [-0.3, -0.25) is 4.79 Å². The maximum Gasteiger partial charge on any atom is 0.222 e. The zero-order valence-corrected chi connectivity index (χ0v) is 14.6. The van der Waals surface area contributed by atoms with E-state index in [1.54, 1.807) is 24.3 Å². The summed E-state index contributed by atoms with van der Waals surface area (Å²) in [5.41, 5.74) is 0.715. The van der Waals surface area contributed by atoms with Gasteiger partial charge in [-0.05, 0) is 50.4 Å². The first-order valence-corrected chi connectivity index (χ1v) is 8.88. The summed E-state index contributed by atoms with van der Waals surface area (Å²) in [6.07, 6.45) is 4.14. The van der Waals surface area contributed by atoms with Crippen LogP contribution < -0.4 is 5.32 Å². The molecule has 4 nitrogen and oxygen atoms in total. The summed E-state index contributed by atoms with van der Waals surface area (Å²) in [4.78, 5) is 14.4. The van der Waals surface area contributed by atoms with E-state index in [9.17, 15) is 9.90 Å². The summed E-state index contributed by atoms with van der Waals surface area (Å²) >= 11 is 5.82.